The number of nitrogens with one attached hydrogen (secondary N) is 1. The molecule has 1 aromatic carbocycles. The Balaban J connectivity index is 2.14. The molecule has 0 saturated heterocycles. The number of hydrogen-bond donors (Lipinski definition) is 2. The maximum absolute atomic E-state index is 12.1. The zero-order valence-corrected chi connectivity index (χ0v) is 12.8. The molecule has 2 N–H and O–H groups in total. The van der Waals surface area contributed by atoms with E-state index in [1.54, 1.807) is 0 Å². The fourth-order valence-electron chi connectivity index (χ4n) is 1.83. The maximum atomic E-state index is 12.1. The predicted octanol–water partition coefficient (Wildman–Crippen LogP) is 3.03. The van der Waals surface area contributed by atoms with Crippen LogP contribution < -0.4 is 5.32 Å². The van der Waals surface area contributed by atoms with Crippen molar-refractivity contribution in [2.24, 2.45) is 0 Å². The summed E-state index contributed by atoms with van der Waals surface area (Å²) in [6.45, 7) is 1.86. The van der Waals surface area contributed by atoms with Gasteiger partial charge in [-0.1, -0.05) is 28.1 Å². The molecule has 0 aliphatic carbocycles. The summed E-state index contributed by atoms with van der Waals surface area (Å²) in [4.78, 5) is 26.7. The third-order valence-electron chi connectivity index (χ3n) is 2.94. The van der Waals surface area contributed by atoms with Crippen LogP contribution in [0.25, 0.3) is 0 Å². The van der Waals surface area contributed by atoms with Gasteiger partial charge in [0.1, 0.15) is 5.69 Å². The summed E-state index contributed by atoms with van der Waals surface area (Å²) in [5.74, 6) is -1.50. The SMILES string of the molecule is CC(NC(=O)c1ccnc(C(=O)O)c1)c1cccc(Br)c1. The molecule has 21 heavy (non-hydrogen) atoms. The van der Waals surface area contributed by atoms with Gasteiger partial charge in [0.25, 0.3) is 5.91 Å². The number of benzene rings is 1. The first-order chi connectivity index (χ1) is 9.97. The van der Waals surface area contributed by atoms with Crippen LogP contribution in [-0.2, 0) is 0 Å². The molecule has 1 atom stereocenters. The van der Waals surface area contributed by atoms with Crippen LogP contribution in [0.4, 0.5) is 0 Å². The standard InChI is InChI=1S/C15H13BrN2O3/c1-9(10-3-2-4-12(16)7-10)18-14(19)11-5-6-17-13(8-11)15(20)21/h2-9H,1H3,(H,18,19)(H,20,21). The minimum absolute atomic E-state index is 0.155. The third-order valence-corrected chi connectivity index (χ3v) is 3.43. The molecular weight excluding hydrogens is 336 g/mol. The Hall–Kier alpha value is -2.21. The van der Waals surface area contributed by atoms with Crippen molar-refractivity contribution in [3.8, 4) is 0 Å². The number of amides is 1. The first kappa shape index (κ1) is 15.2. The van der Waals surface area contributed by atoms with Gasteiger partial charge in [-0.15, -0.1) is 0 Å². The Morgan fingerprint density at radius 2 is 2.05 bits per heavy atom. The fourth-order valence-corrected chi connectivity index (χ4v) is 2.24. The smallest absolute Gasteiger partial charge is 0.354 e. The third kappa shape index (κ3) is 3.88. The van der Waals surface area contributed by atoms with Crippen molar-refractivity contribution in [3.05, 3.63) is 63.9 Å². The van der Waals surface area contributed by atoms with E-state index in [-0.39, 0.29) is 23.2 Å². The van der Waals surface area contributed by atoms with Gasteiger partial charge in [0.05, 0.1) is 6.04 Å². The lowest BCUT2D eigenvalue weighted by Gasteiger charge is -2.14. The highest BCUT2D eigenvalue weighted by Gasteiger charge is 2.14. The number of rotatable bonds is 4. The molecule has 2 aromatic rings. The van der Waals surface area contributed by atoms with Gasteiger partial charge in [0.2, 0.25) is 0 Å². The number of carboxylic acid groups (broad SMARTS) is 1. The molecule has 0 spiro atoms. The van der Waals surface area contributed by atoms with Crippen molar-refractivity contribution < 1.29 is 14.7 Å². The van der Waals surface area contributed by atoms with Gasteiger partial charge in [-0.05, 0) is 36.8 Å². The number of carbonyl (C=O) groups is 2. The normalized spacial score (nSPS) is 11.7. The van der Waals surface area contributed by atoms with Gasteiger partial charge in [-0.3, -0.25) is 4.79 Å². The van der Waals surface area contributed by atoms with E-state index in [1.807, 2.05) is 31.2 Å². The van der Waals surface area contributed by atoms with E-state index in [2.05, 4.69) is 26.2 Å². The fraction of sp³-hybridized carbons (Fsp3) is 0.133. The monoisotopic (exact) mass is 348 g/mol. The van der Waals surface area contributed by atoms with E-state index in [4.69, 9.17) is 5.11 Å². The number of carbonyl (C=O) groups excluding carboxylic acids is 1. The van der Waals surface area contributed by atoms with Crippen LogP contribution in [0.1, 0.15) is 39.4 Å². The van der Waals surface area contributed by atoms with E-state index in [1.165, 1.54) is 18.3 Å². The van der Waals surface area contributed by atoms with Crippen molar-refractivity contribution >= 4 is 27.8 Å². The number of halogens is 1. The van der Waals surface area contributed by atoms with Crippen LogP contribution in [0.5, 0.6) is 0 Å². The Labute approximate surface area is 130 Å². The summed E-state index contributed by atoms with van der Waals surface area (Å²) in [6, 6.07) is 10.2. The highest BCUT2D eigenvalue weighted by Crippen LogP contribution is 2.18. The summed E-state index contributed by atoms with van der Waals surface area (Å²) in [5.41, 5.74) is 1.06. The lowest BCUT2D eigenvalue weighted by Crippen LogP contribution is -2.27. The molecule has 108 valence electrons. The van der Waals surface area contributed by atoms with Gasteiger partial charge in [-0.25, -0.2) is 9.78 Å². The van der Waals surface area contributed by atoms with Gasteiger partial charge in [-0.2, -0.15) is 0 Å². The Morgan fingerprint density at radius 1 is 1.29 bits per heavy atom. The van der Waals surface area contributed by atoms with Crippen molar-refractivity contribution in [2.45, 2.75) is 13.0 Å². The minimum atomic E-state index is -1.16. The molecule has 1 amide bonds. The molecule has 6 heteroatoms. The number of pyridine rings is 1. The Kier molecular flexibility index (Phi) is 4.70. The van der Waals surface area contributed by atoms with Crippen LogP contribution in [0.2, 0.25) is 0 Å². The van der Waals surface area contributed by atoms with Crippen LogP contribution in [-0.4, -0.2) is 22.0 Å². The average molecular weight is 349 g/mol. The quantitative estimate of drug-likeness (QED) is 0.889. The number of carboxylic acids is 1. The highest BCUT2D eigenvalue weighted by molar-refractivity contribution is 9.10. The zero-order chi connectivity index (χ0) is 15.4. The summed E-state index contributed by atoms with van der Waals surface area (Å²) >= 11 is 3.38. The van der Waals surface area contributed by atoms with E-state index in [0.717, 1.165) is 10.0 Å². The van der Waals surface area contributed by atoms with E-state index >= 15 is 0 Å². The van der Waals surface area contributed by atoms with Crippen molar-refractivity contribution in [3.63, 3.8) is 0 Å². The van der Waals surface area contributed by atoms with Crippen molar-refractivity contribution in [2.75, 3.05) is 0 Å². The van der Waals surface area contributed by atoms with E-state index < -0.39 is 5.97 Å². The predicted molar refractivity (Wildman–Crippen MR) is 81.2 cm³/mol. The molecule has 0 radical (unpaired) electrons. The lowest BCUT2D eigenvalue weighted by atomic mass is 10.1. The lowest BCUT2D eigenvalue weighted by molar-refractivity contribution is 0.0690. The summed E-state index contributed by atoms with van der Waals surface area (Å²) in [5, 5.41) is 11.7. The van der Waals surface area contributed by atoms with Crippen LogP contribution in [0.3, 0.4) is 0 Å². The van der Waals surface area contributed by atoms with E-state index in [9.17, 15) is 9.59 Å². The second-order valence-corrected chi connectivity index (χ2v) is 5.40. The van der Waals surface area contributed by atoms with Gasteiger partial charge >= 0.3 is 5.97 Å². The number of nitrogens with zero attached hydrogens (tertiary/aromatic N) is 1. The van der Waals surface area contributed by atoms with Crippen LogP contribution >= 0.6 is 15.9 Å². The average Bonchev–Trinajstić information content (AvgIpc) is 2.47. The molecule has 0 bridgehead atoms. The molecule has 0 aliphatic rings. The zero-order valence-electron chi connectivity index (χ0n) is 11.2. The Bertz CT molecular complexity index is 688. The minimum Gasteiger partial charge on any atom is -0.477 e. The van der Waals surface area contributed by atoms with Crippen molar-refractivity contribution in [1.82, 2.24) is 10.3 Å². The molecular formula is C15H13BrN2O3. The number of aromatic carboxylic acids is 1. The summed E-state index contributed by atoms with van der Waals surface area (Å²) in [7, 11) is 0. The second-order valence-electron chi connectivity index (χ2n) is 4.49. The maximum Gasteiger partial charge on any atom is 0.354 e. The number of hydrogen-bond acceptors (Lipinski definition) is 3. The van der Waals surface area contributed by atoms with Crippen LogP contribution in [0, 0.1) is 0 Å². The molecule has 5 nitrogen and oxygen atoms in total. The highest BCUT2D eigenvalue weighted by atomic mass is 79.9. The molecule has 1 heterocycles. The molecule has 2 rings (SSSR count). The molecule has 0 fully saturated rings. The molecule has 0 aliphatic heterocycles. The Morgan fingerprint density at radius 3 is 2.71 bits per heavy atom. The second kappa shape index (κ2) is 6.49. The first-order valence-electron chi connectivity index (χ1n) is 6.23. The molecule has 0 saturated carbocycles. The molecule has 1 unspecified atom stereocenters. The first-order valence-corrected chi connectivity index (χ1v) is 7.02. The van der Waals surface area contributed by atoms with Crippen LogP contribution in [0.15, 0.2) is 47.1 Å². The van der Waals surface area contributed by atoms with Gasteiger partial charge < -0.3 is 10.4 Å². The largest absolute Gasteiger partial charge is 0.477 e. The van der Waals surface area contributed by atoms with Gasteiger partial charge in [0.15, 0.2) is 0 Å². The summed E-state index contributed by atoms with van der Waals surface area (Å²) < 4.78 is 0.929. The van der Waals surface area contributed by atoms with Gasteiger partial charge in [0, 0.05) is 16.2 Å². The number of aromatic nitrogens is 1. The van der Waals surface area contributed by atoms with Crippen molar-refractivity contribution in [1.29, 1.82) is 0 Å². The topological polar surface area (TPSA) is 79.3 Å². The molecule has 1 aromatic heterocycles. The summed E-state index contributed by atoms with van der Waals surface area (Å²) in [6.07, 6.45) is 1.31. The van der Waals surface area contributed by atoms with E-state index in [0.29, 0.717) is 0 Å².